The molecule has 1 aromatic rings. The summed E-state index contributed by atoms with van der Waals surface area (Å²) in [7, 11) is -1.75. The monoisotopic (exact) mass is 315 g/mol. The molecule has 1 saturated heterocycles. The maximum absolute atomic E-state index is 13.7. The summed E-state index contributed by atoms with van der Waals surface area (Å²) in [5, 5.41) is 0. The first-order chi connectivity index (χ1) is 9.85. The molecule has 1 aromatic carbocycles. The van der Waals surface area contributed by atoms with Gasteiger partial charge >= 0.3 is 0 Å². The van der Waals surface area contributed by atoms with Gasteiger partial charge in [0.1, 0.15) is 5.82 Å². The summed E-state index contributed by atoms with van der Waals surface area (Å²) in [4.78, 5) is 2.11. The van der Waals surface area contributed by atoms with Gasteiger partial charge in [0, 0.05) is 24.7 Å². The minimum Gasteiger partial charge on any atom is -0.326 e. The summed E-state index contributed by atoms with van der Waals surface area (Å²) in [5.74, 6) is -0.384. The Labute approximate surface area is 125 Å². The molecule has 1 heterocycles. The highest BCUT2D eigenvalue weighted by atomic mass is 32.2. The second-order valence-electron chi connectivity index (χ2n) is 5.68. The molecular weight excluding hydrogens is 293 g/mol. The van der Waals surface area contributed by atoms with Crippen molar-refractivity contribution in [3.8, 4) is 0 Å². The first-order valence-corrected chi connectivity index (χ1v) is 8.52. The third kappa shape index (κ3) is 3.60. The van der Waals surface area contributed by atoms with Crippen molar-refractivity contribution in [3.63, 3.8) is 0 Å². The number of nitrogens with zero attached hydrogens (tertiary/aromatic N) is 1. The second-order valence-corrected chi connectivity index (χ2v) is 7.36. The highest BCUT2D eigenvalue weighted by Gasteiger charge is 2.30. The molecular formula is C14H22FN3O2S. The second kappa shape index (κ2) is 6.39. The average Bonchev–Trinajstić information content (AvgIpc) is 2.41. The van der Waals surface area contributed by atoms with Gasteiger partial charge in [-0.2, -0.15) is 0 Å². The number of hydrogen-bond donors (Lipinski definition) is 2. The predicted molar refractivity (Wildman–Crippen MR) is 79.7 cm³/mol. The molecule has 21 heavy (non-hydrogen) atoms. The maximum atomic E-state index is 13.7. The zero-order chi connectivity index (χ0) is 15.6. The van der Waals surface area contributed by atoms with Crippen LogP contribution >= 0.6 is 0 Å². The van der Waals surface area contributed by atoms with Gasteiger partial charge in [-0.25, -0.2) is 17.5 Å². The molecule has 0 aliphatic carbocycles. The summed E-state index contributed by atoms with van der Waals surface area (Å²) in [6, 6.07) is 3.87. The molecule has 118 valence electrons. The zero-order valence-corrected chi connectivity index (χ0v) is 13.2. The van der Waals surface area contributed by atoms with Crippen LogP contribution in [0.4, 0.5) is 4.39 Å². The zero-order valence-electron chi connectivity index (χ0n) is 12.3. The van der Waals surface area contributed by atoms with Crippen molar-refractivity contribution < 1.29 is 12.8 Å². The summed E-state index contributed by atoms with van der Waals surface area (Å²) in [5.41, 5.74) is 5.52. The summed E-state index contributed by atoms with van der Waals surface area (Å²) >= 11 is 0. The summed E-state index contributed by atoms with van der Waals surface area (Å²) < 4.78 is 41.4. The minimum atomic E-state index is -3.76. The number of benzene rings is 1. The van der Waals surface area contributed by atoms with Crippen LogP contribution in [0.2, 0.25) is 0 Å². The fraction of sp³-hybridized carbons (Fsp3) is 0.571. The van der Waals surface area contributed by atoms with Crippen molar-refractivity contribution in [3.05, 3.63) is 29.6 Å². The molecule has 1 fully saturated rings. The van der Waals surface area contributed by atoms with Gasteiger partial charge in [0.25, 0.3) is 0 Å². The lowest BCUT2D eigenvalue weighted by Crippen LogP contribution is -2.48. The van der Waals surface area contributed by atoms with Crippen LogP contribution in [0.1, 0.15) is 18.9 Å². The highest BCUT2D eigenvalue weighted by Crippen LogP contribution is 2.22. The van der Waals surface area contributed by atoms with Gasteiger partial charge in [-0.1, -0.05) is 13.0 Å². The molecule has 7 heteroatoms. The molecule has 0 saturated carbocycles. The molecule has 3 N–H and O–H groups in total. The molecule has 0 radical (unpaired) electrons. The lowest BCUT2D eigenvalue weighted by atomic mass is 9.95. The van der Waals surface area contributed by atoms with E-state index in [4.69, 9.17) is 5.73 Å². The molecule has 2 unspecified atom stereocenters. The van der Waals surface area contributed by atoms with Crippen LogP contribution in [-0.2, 0) is 16.6 Å². The third-order valence-corrected chi connectivity index (χ3v) is 5.56. The smallest absolute Gasteiger partial charge is 0.241 e. The van der Waals surface area contributed by atoms with E-state index in [0.29, 0.717) is 0 Å². The van der Waals surface area contributed by atoms with Crippen molar-refractivity contribution >= 4 is 10.0 Å². The van der Waals surface area contributed by atoms with Crippen LogP contribution < -0.4 is 10.5 Å². The number of likely N-dealkylation sites (tertiary alicyclic amines) is 1. The van der Waals surface area contributed by atoms with Gasteiger partial charge in [0.05, 0.1) is 4.90 Å². The Morgan fingerprint density at radius 3 is 2.81 bits per heavy atom. The van der Waals surface area contributed by atoms with Crippen molar-refractivity contribution in [2.75, 3.05) is 20.1 Å². The Hall–Kier alpha value is -1.02. The Morgan fingerprint density at radius 2 is 2.19 bits per heavy atom. The Kier molecular flexibility index (Phi) is 4.98. The first kappa shape index (κ1) is 16.4. The Morgan fingerprint density at radius 1 is 1.48 bits per heavy atom. The Balaban J connectivity index is 2.25. The van der Waals surface area contributed by atoms with Crippen molar-refractivity contribution in [1.29, 1.82) is 0 Å². The number of piperidine rings is 1. The molecule has 1 aliphatic heterocycles. The van der Waals surface area contributed by atoms with E-state index >= 15 is 0 Å². The SMILES string of the molecule is CC1CN(C)CCC1NS(=O)(=O)c1cccc(F)c1CN. The number of rotatable bonds is 4. The van der Waals surface area contributed by atoms with Crippen LogP contribution in [0, 0.1) is 11.7 Å². The van der Waals surface area contributed by atoms with Crippen LogP contribution in [0.25, 0.3) is 0 Å². The summed E-state index contributed by atoms with van der Waals surface area (Å²) in [6.07, 6.45) is 0.740. The fourth-order valence-corrected chi connectivity index (χ4v) is 4.42. The van der Waals surface area contributed by atoms with Gasteiger partial charge in [0.15, 0.2) is 0 Å². The molecule has 0 bridgehead atoms. The van der Waals surface area contributed by atoms with E-state index in [9.17, 15) is 12.8 Å². The van der Waals surface area contributed by atoms with Gasteiger partial charge < -0.3 is 10.6 Å². The molecule has 5 nitrogen and oxygen atoms in total. The lowest BCUT2D eigenvalue weighted by molar-refractivity contribution is 0.188. The van der Waals surface area contributed by atoms with Crippen LogP contribution in [-0.4, -0.2) is 39.5 Å². The molecule has 0 spiro atoms. The molecule has 0 aromatic heterocycles. The first-order valence-electron chi connectivity index (χ1n) is 7.03. The van der Waals surface area contributed by atoms with E-state index in [-0.39, 0.29) is 29.0 Å². The predicted octanol–water partition coefficient (Wildman–Crippen LogP) is 0.903. The highest BCUT2D eigenvalue weighted by molar-refractivity contribution is 7.89. The minimum absolute atomic E-state index is 0.0329. The molecule has 2 rings (SSSR count). The normalized spacial score (nSPS) is 24.2. The fourth-order valence-electron chi connectivity index (χ4n) is 2.78. The van der Waals surface area contributed by atoms with Crippen molar-refractivity contribution in [1.82, 2.24) is 9.62 Å². The average molecular weight is 315 g/mol. The van der Waals surface area contributed by atoms with E-state index in [1.54, 1.807) is 0 Å². The van der Waals surface area contributed by atoms with Gasteiger partial charge in [-0.3, -0.25) is 0 Å². The number of hydrogen-bond acceptors (Lipinski definition) is 4. The van der Waals surface area contributed by atoms with Crippen LogP contribution in [0.3, 0.4) is 0 Å². The van der Waals surface area contributed by atoms with Gasteiger partial charge in [0.2, 0.25) is 10.0 Å². The van der Waals surface area contributed by atoms with Gasteiger partial charge in [-0.15, -0.1) is 0 Å². The Bertz CT molecular complexity index is 606. The third-order valence-electron chi connectivity index (χ3n) is 3.98. The molecule has 1 aliphatic rings. The van der Waals surface area contributed by atoms with E-state index in [2.05, 4.69) is 9.62 Å². The summed E-state index contributed by atoms with van der Waals surface area (Å²) in [6.45, 7) is 3.54. The molecule has 0 amide bonds. The standard InChI is InChI=1S/C14H22FN3O2S/c1-10-9-18(2)7-6-13(10)17-21(19,20)14-5-3-4-12(15)11(14)8-16/h3-5,10,13,17H,6-9,16H2,1-2H3. The molecule has 2 atom stereocenters. The van der Waals surface area contributed by atoms with E-state index in [0.717, 1.165) is 19.5 Å². The van der Waals surface area contributed by atoms with Crippen LogP contribution in [0.15, 0.2) is 23.1 Å². The quantitative estimate of drug-likeness (QED) is 0.866. The van der Waals surface area contributed by atoms with Crippen molar-refractivity contribution in [2.45, 2.75) is 30.8 Å². The number of sulfonamides is 1. The maximum Gasteiger partial charge on any atom is 0.241 e. The number of nitrogens with two attached hydrogens (primary N) is 1. The van der Waals surface area contributed by atoms with Gasteiger partial charge in [-0.05, 0) is 38.1 Å². The van der Waals surface area contributed by atoms with E-state index < -0.39 is 15.8 Å². The number of nitrogens with one attached hydrogen (secondary N) is 1. The van der Waals surface area contributed by atoms with E-state index in [1.807, 2.05) is 14.0 Å². The largest absolute Gasteiger partial charge is 0.326 e. The number of halogens is 1. The van der Waals surface area contributed by atoms with Crippen LogP contribution in [0.5, 0.6) is 0 Å². The van der Waals surface area contributed by atoms with E-state index in [1.165, 1.54) is 18.2 Å². The van der Waals surface area contributed by atoms with Crippen molar-refractivity contribution in [2.24, 2.45) is 11.7 Å². The lowest BCUT2D eigenvalue weighted by Gasteiger charge is -2.35. The topological polar surface area (TPSA) is 75.4 Å².